The van der Waals surface area contributed by atoms with E-state index in [4.69, 9.17) is 5.84 Å². The van der Waals surface area contributed by atoms with E-state index in [0.29, 0.717) is 5.71 Å². The number of hydrazone groups is 1. The lowest BCUT2D eigenvalue weighted by Gasteiger charge is -2.33. The van der Waals surface area contributed by atoms with Crippen molar-refractivity contribution in [2.45, 2.75) is 33.9 Å². The Balaban J connectivity index is 2.96. The van der Waals surface area contributed by atoms with Crippen molar-refractivity contribution in [2.75, 3.05) is 0 Å². The van der Waals surface area contributed by atoms with E-state index in [0.717, 1.165) is 5.01 Å². The molecule has 0 spiro atoms. The molecule has 1 rings (SSSR count). The summed E-state index contributed by atoms with van der Waals surface area (Å²) in [5, 5.41) is 5.17. The molecule has 5 heteroatoms. The zero-order chi connectivity index (χ0) is 10.2. The average Bonchev–Trinajstić information content (AvgIpc) is 1.98. The number of carbonyl (C=O) groups excluding carboxylic acids is 1. The number of nitrogens with one attached hydrogen (secondary N) is 1. The molecular weight excluding hydrogens is 168 g/mol. The Morgan fingerprint density at radius 2 is 2.08 bits per heavy atom. The van der Waals surface area contributed by atoms with Crippen molar-refractivity contribution in [3.05, 3.63) is 0 Å². The minimum absolute atomic E-state index is 0.209. The molecule has 1 unspecified atom stereocenters. The lowest BCUT2D eigenvalue weighted by molar-refractivity contribution is -0.128. The largest absolute Gasteiger partial charge is 0.286 e. The number of nitrogens with zero attached hydrogens (tertiary/aromatic N) is 2. The van der Waals surface area contributed by atoms with Gasteiger partial charge in [-0.15, -0.1) is 0 Å². The maximum atomic E-state index is 11.6. The average molecular weight is 184 g/mol. The lowest BCUT2D eigenvalue weighted by Crippen LogP contribution is -2.58. The highest BCUT2D eigenvalue weighted by Crippen LogP contribution is 2.19. The van der Waals surface area contributed by atoms with Gasteiger partial charge < -0.3 is 0 Å². The fraction of sp³-hybridized carbons (Fsp3) is 0.750. The van der Waals surface area contributed by atoms with Gasteiger partial charge in [-0.1, -0.05) is 20.8 Å². The molecule has 0 aromatic carbocycles. The van der Waals surface area contributed by atoms with E-state index in [-0.39, 0.29) is 17.5 Å². The zero-order valence-corrected chi connectivity index (χ0v) is 8.46. The van der Waals surface area contributed by atoms with Gasteiger partial charge in [-0.05, 0) is 6.92 Å². The topological polar surface area (TPSA) is 70.7 Å². The van der Waals surface area contributed by atoms with E-state index in [2.05, 4.69) is 10.5 Å². The first-order valence-corrected chi connectivity index (χ1v) is 4.26. The highest BCUT2D eigenvalue weighted by Gasteiger charge is 2.33. The second-order valence-corrected chi connectivity index (χ2v) is 4.23. The molecule has 0 bridgehead atoms. The molecule has 0 radical (unpaired) electrons. The quantitative estimate of drug-likeness (QED) is 0.412. The maximum Gasteiger partial charge on any atom is 0.286 e. The van der Waals surface area contributed by atoms with Crippen molar-refractivity contribution < 1.29 is 4.79 Å². The Hall–Kier alpha value is -1.10. The molecule has 0 saturated carbocycles. The van der Waals surface area contributed by atoms with Crippen LogP contribution in [-0.4, -0.2) is 22.8 Å². The van der Waals surface area contributed by atoms with Crippen LogP contribution in [0, 0.1) is 5.41 Å². The van der Waals surface area contributed by atoms with Gasteiger partial charge in [0.15, 0.2) is 0 Å². The van der Waals surface area contributed by atoms with Crippen LogP contribution < -0.4 is 11.3 Å². The number of hydrazine groups is 1. The number of carbonyl (C=O) groups is 1. The molecular formula is C8H16N4O. The Morgan fingerprint density at radius 3 is 2.54 bits per heavy atom. The van der Waals surface area contributed by atoms with Gasteiger partial charge in [-0.2, -0.15) is 5.10 Å². The van der Waals surface area contributed by atoms with Gasteiger partial charge in [0.1, 0.15) is 11.9 Å². The highest BCUT2D eigenvalue weighted by atomic mass is 16.2. The van der Waals surface area contributed by atoms with Gasteiger partial charge in [-0.3, -0.25) is 15.2 Å². The number of hydrogen-bond donors (Lipinski definition) is 2. The monoisotopic (exact) mass is 184 g/mol. The number of rotatable bonds is 0. The first-order chi connectivity index (χ1) is 5.84. The highest BCUT2D eigenvalue weighted by molar-refractivity contribution is 6.40. The molecule has 1 aliphatic heterocycles. The lowest BCUT2D eigenvalue weighted by atomic mass is 9.89. The molecule has 74 valence electrons. The smallest absolute Gasteiger partial charge is 0.286 e. The summed E-state index contributed by atoms with van der Waals surface area (Å²) in [7, 11) is 0. The van der Waals surface area contributed by atoms with Gasteiger partial charge in [0.05, 0.1) is 0 Å². The van der Waals surface area contributed by atoms with Gasteiger partial charge in [0.2, 0.25) is 0 Å². The summed E-state index contributed by atoms with van der Waals surface area (Å²) in [5.74, 6) is 5.34. The SMILES string of the molecule is CC1NN=C(C(C)(C)C)C(=O)N1N. The molecule has 3 N–H and O–H groups in total. The standard InChI is InChI=1S/C8H16N4O/c1-5-10-11-6(8(2,3)4)7(13)12(5)9/h5,10H,9H2,1-4H3. The van der Waals surface area contributed by atoms with Crippen LogP contribution in [0.2, 0.25) is 0 Å². The summed E-state index contributed by atoms with van der Waals surface area (Å²) in [6.45, 7) is 7.56. The van der Waals surface area contributed by atoms with Gasteiger partial charge in [0.25, 0.3) is 5.91 Å². The predicted octanol–water partition coefficient (Wildman–Crippen LogP) is 0.0400. The van der Waals surface area contributed by atoms with E-state index < -0.39 is 0 Å². The van der Waals surface area contributed by atoms with Crippen molar-refractivity contribution in [2.24, 2.45) is 16.4 Å². The number of hydrogen-bond acceptors (Lipinski definition) is 4. The maximum absolute atomic E-state index is 11.6. The molecule has 1 heterocycles. The van der Waals surface area contributed by atoms with Crippen LogP contribution in [0.5, 0.6) is 0 Å². The van der Waals surface area contributed by atoms with Crippen molar-refractivity contribution in [1.82, 2.24) is 10.4 Å². The van der Waals surface area contributed by atoms with Crippen LogP contribution in [0.15, 0.2) is 5.10 Å². The minimum atomic E-state index is -0.276. The van der Waals surface area contributed by atoms with Gasteiger partial charge in [0, 0.05) is 5.41 Å². The van der Waals surface area contributed by atoms with Crippen LogP contribution in [-0.2, 0) is 4.79 Å². The molecule has 0 aliphatic carbocycles. The van der Waals surface area contributed by atoms with Crippen LogP contribution in [0.25, 0.3) is 0 Å². The summed E-state index contributed by atoms with van der Waals surface area (Å²) in [6, 6.07) is 0. The summed E-state index contributed by atoms with van der Waals surface area (Å²) in [5.41, 5.74) is 2.98. The van der Waals surface area contributed by atoms with Crippen molar-refractivity contribution >= 4 is 11.6 Å². The molecule has 1 atom stereocenters. The third-order valence-electron chi connectivity index (χ3n) is 1.93. The molecule has 0 saturated heterocycles. The fourth-order valence-corrected chi connectivity index (χ4v) is 1.05. The summed E-state index contributed by atoms with van der Waals surface area (Å²) < 4.78 is 0. The van der Waals surface area contributed by atoms with Gasteiger partial charge >= 0.3 is 0 Å². The van der Waals surface area contributed by atoms with Crippen molar-refractivity contribution in [3.63, 3.8) is 0 Å². The van der Waals surface area contributed by atoms with Crippen LogP contribution in [0.3, 0.4) is 0 Å². The van der Waals surface area contributed by atoms with E-state index in [1.54, 1.807) is 6.92 Å². The molecule has 0 aromatic heterocycles. The first-order valence-electron chi connectivity index (χ1n) is 4.26. The summed E-state index contributed by atoms with van der Waals surface area (Å²) >= 11 is 0. The molecule has 5 nitrogen and oxygen atoms in total. The number of amides is 1. The normalized spacial score (nSPS) is 24.1. The number of nitrogens with two attached hydrogens (primary N) is 1. The molecule has 1 amide bonds. The molecule has 0 aromatic rings. The van der Waals surface area contributed by atoms with Crippen LogP contribution in [0.1, 0.15) is 27.7 Å². The Labute approximate surface area is 77.9 Å². The fourth-order valence-electron chi connectivity index (χ4n) is 1.05. The second-order valence-electron chi connectivity index (χ2n) is 4.23. The minimum Gasteiger partial charge on any atom is -0.286 e. The zero-order valence-electron chi connectivity index (χ0n) is 8.46. The van der Waals surface area contributed by atoms with E-state index in [9.17, 15) is 4.79 Å². The van der Waals surface area contributed by atoms with Crippen molar-refractivity contribution in [3.8, 4) is 0 Å². The van der Waals surface area contributed by atoms with E-state index >= 15 is 0 Å². The summed E-state index contributed by atoms with van der Waals surface area (Å²) in [4.78, 5) is 11.6. The van der Waals surface area contributed by atoms with Crippen LogP contribution in [0.4, 0.5) is 0 Å². The van der Waals surface area contributed by atoms with E-state index in [1.165, 1.54) is 0 Å². The predicted molar refractivity (Wildman–Crippen MR) is 50.5 cm³/mol. The Morgan fingerprint density at radius 1 is 1.54 bits per heavy atom. The van der Waals surface area contributed by atoms with Crippen molar-refractivity contribution in [1.29, 1.82) is 0 Å². The molecule has 13 heavy (non-hydrogen) atoms. The first kappa shape index (κ1) is 9.98. The van der Waals surface area contributed by atoms with Crippen LogP contribution >= 0.6 is 0 Å². The third-order valence-corrected chi connectivity index (χ3v) is 1.93. The molecule has 0 fully saturated rings. The van der Waals surface area contributed by atoms with Gasteiger partial charge in [-0.25, -0.2) is 5.84 Å². The molecule has 1 aliphatic rings. The second kappa shape index (κ2) is 2.99. The summed E-state index contributed by atoms with van der Waals surface area (Å²) in [6.07, 6.45) is -0.237. The Kier molecular flexibility index (Phi) is 2.30. The Bertz CT molecular complexity index is 253. The van der Waals surface area contributed by atoms with E-state index in [1.807, 2.05) is 20.8 Å². The third kappa shape index (κ3) is 1.80.